The molecule has 0 bridgehead atoms. The number of benzene rings is 1. The van der Waals surface area contributed by atoms with Gasteiger partial charge in [-0.2, -0.15) is 4.98 Å². The Morgan fingerprint density at radius 3 is 3.06 bits per heavy atom. The lowest BCUT2D eigenvalue weighted by Gasteiger charge is -1.88. The molecule has 2 aromatic rings. The fourth-order valence-corrected chi connectivity index (χ4v) is 1.26. The zero-order chi connectivity index (χ0) is 11.5. The lowest BCUT2D eigenvalue weighted by molar-refractivity contribution is -0.117. The van der Waals surface area contributed by atoms with E-state index in [4.69, 9.17) is 15.9 Å². The highest BCUT2D eigenvalue weighted by Crippen LogP contribution is 2.17. The molecule has 0 saturated heterocycles. The van der Waals surface area contributed by atoms with E-state index >= 15 is 0 Å². The molecule has 0 aliphatic heterocycles. The third-order valence-corrected chi connectivity index (χ3v) is 1.90. The molecule has 5 nitrogen and oxygen atoms in total. The van der Waals surface area contributed by atoms with E-state index in [2.05, 4.69) is 16.8 Å². The van der Waals surface area contributed by atoms with Crippen LogP contribution in [0.25, 0.3) is 11.1 Å². The van der Waals surface area contributed by atoms with Crippen molar-refractivity contribution in [1.29, 1.82) is 0 Å². The molecular formula is C11H9N3O2. The van der Waals surface area contributed by atoms with Gasteiger partial charge in [0, 0.05) is 5.56 Å². The highest BCUT2D eigenvalue weighted by molar-refractivity contribution is 5.78. The second kappa shape index (κ2) is 3.95. The average Bonchev–Trinajstić information content (AvgIpc) is 2.56. The van der Waals surface area contributed by atoms with Gasteiger partial charge in [0.1, 0.15) is 5.52 Å². The summed E-state index contributed by atoms with van der Waals surface area (Å²) in [5.41, 5.74) is 12.4. The number of hydrogen-bond donors (Lipinski definition) is 2. The molecule has 80 valence electrons. The molecule has 0 atom stereocenters. The van der Waals surface area contributed by atoms with Crippen molar-refractivity contribution in [3.05, 3.63) is 23.8 Å². The molecule has 1 heterocycles. The monoisotopic (exact) mass is 215 g/mol. The van der Waals surface area contributed by atoms with Crippen LogP contribution in [0.15, 0.2) is 22.6 Å². The smallest absolute Gasteiger partial charge is 0.292 e. The minimum Gasteiger partial charge on any atom is -0.424 e. The maximum atomic E-state index is 10.5. The second-order valence-corrected chi connectivity index (χ2v) is 3.18. The van der Waals surface area contributed by atoms with E-state index in [-0.39, 0.29) is 12.4 Å². The maximum absolute atomic E-state index is 10.5. The standard InChI is InChI=1S/C11H9N3O2/c12-10(15)3-1-2-7-4-5-9-8(6-7)14-11(13)16-9/h4-6H,3H2,(H2,12,15)(H2,13,14). The molecule has 2 rings (SSSR count). The predicted molar refractivity (Wildman–Crippen MR) is 59.1 cm³/mol. The van der Waals surface area contributed by atoms with Gasteiger partial charge >= 0.3 is 0 Å². The number of amides is 1. The fourth-order valence-electron chi connectivity index (χ4n) is 1.26. The summed E-state index contributed by atoms with van der Waals surface area (Å²) in [7, 11) is 0. The molecule has 1 aromatic heterocycles. The number of nitrogens with two attached hydrogens (primary N) is 2. The van der Waals surface area contributed by atoms with Gasteiger partial charge in [0.05, 0.1) is 6.42 Å². The number of oxazole rings is 1. The molecule has 0 radical (unpaired) electrons. The van der Waals surface area contributed by atoms with Crippen molar-refractivity contribution < 1.29 is 9.21 Å². The fraction of sp³-hybridized carbons (Fsp3) is 0.0909. The largest absolute Gasteiger partial charge is 0.424 e. The number of nitrogen functional groups attached to an aromatic ring is 1. The summed E-state index contributed by atoms with van der Waals surface area (Å²) in [6.45, 7) is 0. The van der Waals surface area contributed by atoms with E-state index in [9.17, 15) is 4.79 Å². The van der Waals surface area contributed by atoms with Crippen LogP contribution in [-0.2, 0) is 4.79 Å². The van der Waals surface area contributed by atoms with Gasteiger partial charge in [0.25, 0.3) is 6.01 Å². The number of primary amides is 1. The normalized spacial score (nSPS) is 9.75. The molecule has 0 spiro atoms. The summed E-state index contributed by atoms with van der Waals surface area (Å²) in [6, 6.07) is 5.36. The Morgan fingerprint density at radius 1 is 1.50 bits per heavy atom. The maximum Gasteiger partial charge on any atom is 0.292 e. The van der Waals surface area contributed by atoms with Gasteiger partial charge < -0.3 is 15.9 Å². The zero-order valence-electron chi connectivity index (χ0n) is 8.36. The molecule has 1 amide bonds. The summed E-state index contributed by atoms with van der Waals surface area (Å²) in [5.74, 6) is 5.02. The van der Waals surface area contributed by atoms with Crippen molar-refractivity contribution >= 4 is 23.0 Å². The Kier molecular flexibility index (Phi) is 2.48. The number of fused-ring (bicyclic) bond motifs is 1. The molecular weight excluding hydrogens is 206 g/mol. The van der Waals surface area contributed by atoms with Gasteiger partial charge in [-0.25, -0.2) is 0 Å². The highest BCUT2D eigenvalue weighted by atomic mass is 16.4. The van der Waals surface area contributed by atoms with Gasteiger partial charge in [-0.15, -0.1) is 0 Å². The molecule has 0 aliphatic carbocycles. The van der Waals surface area contributed by atoms with Crippen molar-refractivity contribution in [2.75, 3.05) is 5.73 Å². The Bertz CT molecular complexity index is 604. The summed E-state index contributed by atoms with van der Waals surface area (Å²) in [5, 5.41) is 0. The molecule has 0 aliphatic rings. The number of aromatic nitrogens is 1. The topological polar surface area (TPSA) is 95.1 Å². The third-order valence-electron chi connectivity index (χ3n) is 1.90. The van der Waals surface area contributed by atoms with E-state index < -0.39 is 5.91 Å². The highest BCUT2D eigenvalue weighted by Gasteiger charge is 2.01. The van der Waals surface area contributed by atoms with E-state index in [1.807, 2.05) is 0 Å². The van der Waals surface area contributed by atoms with Crippen molar-refractivity contribution in [3.63, 3.8) is 0 Å². The Balaban J connectivity index is 2.30. The van der Waals surface area contributed by atoms with Crippen LogP contribution in [0.5, 0.6) is 0 Å². The van der Waals surface area contributed by atoms with Crippen molar-refractivity contribution in [1.82, 2.24) is 4.98 Å². The molecule has 0 saturated carbocycles. The summed E-state index contributed by atoms with van der Waals surface area (Å²) >= 11 is 0. The molecule has 0 unspecified atom stereocenters. The number of nitrogens with zero attached hydrogens (tertiary/aromatic N) is 1. The SMILES string of the molecule is NC(=O)CC#Cc1ccc2oc(N)nc2c1. The minimum absolute atomic E-state index is 0.0407. The Labute approximate surface area is 91.4 Å². The van der Waals surface area contributed by atoms with Crippen LogP contribution in [0.1, 0.15) is 12.0 Å². The Morgan fingerprint density at radius 2 is 2.31 bits per heavy atom. The van der Waals surface area contributed by atoms with E-state index in [0.29, 0.717) is 11.1 Å². The summed E-state index contributed by atoms with van der Waals surface area (Å²) < 4.78 is 5.11. The van der Waals surface area contributed by atoms with Gasteiger partial charge in [-0.3, -0.25) is 4.79 Å². The lowest BCUT2D eigenvalue weighted by Crippen LogP contribution is -2.08. The van der Waals surface area contributed by atoms with Crippen LogP contribution in [0.4, 0.5) is 6.01 Å². The van der Waals surface area contributed by atoms with Gasteiger partial charge in [-0.1, -0.05) is 11.8 Å². The zero-order valence-corrected chi connectivity index (χ0v) is 8.36. The third kappa shape index (κ3) is 2.12. The number of carbonyl (C=O) groups excluding carboxylic acids is 1. The van der Waals surface area contributed by atoms with E-state index in [1.54, 1.807) is 18.2 Å². The Hall–Kier alpha value is -2.48. The first-order chi connectivity index (χ1) is 7.65. The van der Waals surface area contributed by atoms with Crippen LogP contribution in [0.2, 0.25) is 0 Å². The number of rotatable bonds is 1. The first-order valence-corrected chi connectivity index (χ1v) is 4.58. The quantitative estimate of drug-likeness (QED) is 0.682. The van der Waals surface area contributed by atoms with Gasteiger partial charge in [0.15, 0.2) is 5.58 Å². The number of carbonyl (C=O) groups is 1. The van der Waals surface area contributed by atoms with Crippen LogP contribution < -0.4 is 11.5 Å². The van der Waals surface area contributed by atoms with E-state index in [0.717, 1.165) is 5.56 Å². The van der Waals surface area contributed by atoms with Gasteiger partial charge in [0.2, 0.25) is 5.91 Å². The van der Waals surface area contributed by atoms with Crippen molar-refractivity contribution in [2.45, 2.75) is 6.42 Å². The molecule has 0 fully saturated rings. The predicted octanol–water partition coefficient (Wildman–Crippen LogP) is 0.637. The summed E-state index contributed by atoms with van der Waals surface area (Å²) in [6.07, 6.45) is 0.0407. The molecule has 4 N–H and O–H groups in total. The van der Waals surface area contributed by atoms with Crippen LogP contribution in [-0.4, -0.2) is 10.9 Å². The second-order valence-electron chi connectivity index (χ2n) is 3.18. The average molecular weight is 215 g/mol. The number of hydrogen-bond acceptors (Lipinski definition) is 4. The summed E-state index contributed by atoms with van der Waals surface area (Å²) in [4.78, 5) is 14.4. The first-order valence-electron chi connectivity index (χ1n) is 4.58. The first kappa shape index (κ1) is 10.1. The van der Waals surface area contributed by atoms with Crippen LogP contribution in [0.3, 0.4) is 0 Å². The minimum atomic E-state index is -0.445. The van der Waals surface area contributed by atoms with Crippen molar-refractivity contribution in [3.8, 4) is 11.8 Å². The van der Waals surface area contributed by atoms with Crippen LogP contribution >= 0.6 is 0 Å². The number of anilines is 1. The van der Waals surface area contributed by atoms with Crippen LogP contribution in [0, 0.1) is 11.8 Å². The van der Waals surface area contributed by atoms with Gasteiger partial charge in [-0.05, 0) is 18.2 Å². The van der Waals surface area contributed by atoms with Crippen molar-refractivity contribution in [2.24, 2.45) is 5.73 Å². The molecule has 16 heavy (non-hydrogen) atoms. The van der Waals surface area contributed by atoms with E-state index in [1.165, 1.54) is 0 Å². The lowest BCUT2D eigenvalue weighted by atomic mass is 10.2. The molecule has 1 aromatic carbocycles. The molecule has 5 heteroatoms.